The van der Waals surface area contributed by atoms with Crippen molar-refractivity contribution in [2.45, 2.75) is 84.1 Å². The predicted octanol–water partition coefficient (Wildman–Crippen LogP) is 4.76. The van der Waals surface area contributed by atoms with Crippen LogP contribution in [0.25, 0.3) is 0 Å². The minimum Gasteiger partial charge on any atom is -0.313 e. The lowest BCUT2D eigenvalue weighted by molar-refractivity contribution is 0.197. The SMILES string of the molecule is CC(C)C1CCCCC1NCC1CCCCCC1. The summed E-state index contributed by atoms with van der Waals surface area (Å²) in [4.78, 5) is 0. The van der Waals surface area contributed by atoms with Crippen LogP contribution >= 0.6 is 0 Å². The first-order valence-electron chi connectivity index (χ1n) is 8.50. The van der Waals surface area contributed by atoms with Gasteiger partial charge >= 0.3 is 0 Å². The van der Waals surface area contributed by atoms with Gasteiger partial charge in [0.1, 0.15) is 0 Å². The molecule has 2 fully saturated rings. The van der Waals surface area contributed by atoms with Crippen LogP contribution < -0.4 is 5.32 Å². The fourth-order valence-electron chi connectivity index (χ4n) is 4.10. The van der Waals surface area contributed by atoms with Crippen LogP contribution in [0.1, 0.15) is 78.1 Å². The van der Waals surface area contributed by atoms with Gasteiger partial charge in [0.15, 0.2) is 0 Å². The van der Waals surface area contributed by atoms with Crippen LogP contribution in [-0.4, -0.2) is 12.6 Å². The molecule has 2 rings (SSSR count). The normalized spacial score (nSPS) is 31.5. The van der Waals surface area contributed by atoms with E-state index < -0.39 is 0 Å². The third-order valence-electron chi connectivity index (χ3n) is 5.32. The first kappa shape index (κ1) is 14.4. The van der Waals surface area contributed by atoms with Crippen LogP contribution in [0, 0.1) is 17.8 Å². The van der Waals surface area contributed by atoms with Gasteiger partial charge < -0.3 is 5.32 Å². The van der Waals surface area contributed by atoms with Crippen LogP contribution in [0.2, 0.25) is 0 Å². The maximum Gasteiger partial charge on any atom is 0.00978 e. The van der Waals surface area contributed by atoms with Crippen molar-refractivity contribution in [2.24, 2.45) is 17.8 Å². The van der Waals surface area contributed by atoms with Crippen LogP contribution in [0.15, 0.2) is 0 Å². The Morgan fingerprint density at radius 2 is 1.44 bits per heavy atom. The van der Waals surface area contributed by atoms with Gasteiger partial charge in [-0.3, -0.25) is 0 Å². The molecule has 0 aromatic carbocycles. The third-order valence-corrected chi connectivity index (χ3v) is 5.32. The Hall–Kier alpha value is -0.0400. The molecule has 0 aromatic rings. The maximum absolute atomic E-state index is 3.95. The molecule has 0 saturated heterocycles. The van der Waals surface area contributed by atoms with Crippen molar-refractivity contribution in [3.8, 4) is 0 Å². The minimum absolute atomic E-state index is 0.821. The Bertz CT molecular complexity index is 216. The molecule has 0 aromatic heterocycles. The second kappa shape index (κ2) is 7.53. The van der Waals surface area contributed by atoms with Gasteiger partial charge in [0, 0.05) is 6.04 Å². The molecule has 0 radical (unpaired) electrons. The summed E-state index contributed by atoms with van der Waals surface area (Å²) in [7, 11) is 0. The van der Waals surface area contributed by atoms with Crippen LogP contribution in [0.5, 0.6) is 0 Å². The lowest BCUT2D eigenvalue weighted by Crippen LogP contribution is -2.42. The van der Waals surface area contributed by atoms with E-state index in [0.29, 0.717) is 0 Å². The van der Waals surface area contributed by atoms with Crippen molar-refractivity contribution in [3.63, 3.8) is 0 Å². The van der Waals surface area contributed by atoms with Gasteiger partial charge in [-0.15, -0.1) is 0 Å². The highest BCUT2D eigenvalue weighted by Gasteiger charge is 2.27. The highest BCUT2D eigenvalue weighted by molar-refractivity contribution is 4.83. The zero-order chi connectivity index (χ0) is 12.8. The zero-order valence-electron chi connectivity index (χ0n) is 12.6. The van der Waals surface area contributed by atoms with Crippen LogP contribution in [0.4, 0.5) is 0 Å². The second-order valence-corrected chi connectivity index (χ2v) is 7.06. The van der Waals surface area contributed by atoms with Crippen molar-refractivity contribution in [2.75, 3.05) is 6.54 Å². The molecule has 2 unspecified atom stereocenters. The molecule has 18 heavy (non-hydrogen) atoms. The van der Waals surface area contributed by atoms with Crippen LogP contribution in [-0.2, 0) is 0 Å². The minimum atomic E-state index is 0.821. The molecule has 1 heteroatoms. The topological polar surface area (TPSA) is 12.0 Å². The Morgan fingerprint density at radius 1 is 0.833 bits per heavy atom. The van der Waals surface area contributed by atoms with Crippen molar-refractivity contribution < 1.29 is 0 Å². The zero-order valence-corrected chi connectivity index (χ0v) is 12.6. The molecule has 1 N–H and O–H groups in total. The van der Waals surface area contributed by atoms with Crippen LogP contribution in [0.3, 0.4) is 0 Å². The monoisotopic (exact) mass is 251 g/mol. The summed E-state index contributed by atoms with van der Waals surface area (Å²) in [6, 6.07) is 0.821. The molecule has 0 bridgehead atoms. The van der Waals surface area contributed by atoms with E-state index in [-0.39, 0.29) is 0 Å². The van der Waals surface area contributed by atoms with Crippen molar-refractivity contribution in [1.82, 2.24) is 5.32 Å². The summed E-state index contributed by atoms with van der Waals surface area (Å²) < 4.78 is 0. The van der Waals surface area contributed by atoms with E-state index in [1.165, 1.54) is 70.8 Å². The quantitative estimate of drug-likeness (QED) is 0.710. The largest absolute Gasteiger partial charge is 0.313 e. The first-order chi connectivity index (χ1) is 8.77. The fraction of sp³-hybridized carbons (Fsp3) is 1.00. The van der Waals surface area contributed by atoms with Crippen molar-refractivity contribution in [3.05, 3.63) is 0 Å². The summed E-state index contributed by atoms with van der Waals surface area (Å²) in [6.45, 7) is 6.13. The number of rotatable bonds is 4. The Balaban J connectivity index is 1.76. The lowest BCUT2D eigenvalue weighted by atomic mass is 9.77. The van der Waals surface area contributed by atoms with Gasteiger partial charge in [-0.1, -0.05) is 52.4 Å². The van der Waals surface area contributed by atoms with Gasteiger partial charge in [0.05, 0.1) is 0 Å². The third kappa shape index (κ3) is 4.26. The molecule has 0 heterocycles. The molecule has 0 spiro atoms. The Kier molecular flexibility index (Phi) is 6.01. The van der Waals surface area contributed by atoms with E-state index in [2.05, 4.69) is 19.2 Å². The summed E-state index contributed by atoms with van der Waals surface area (Å²) in [6.07, 6.45) is 14.7. The summed E-state index contributed by atoms with van der Waals surface area (Å²) in [5.74, 6) is 2.77. The summed E-state index contributed by atoms with van der Waals surface area (Å²) >= 11 is 0. The van der Waals surface area contributed by atoms with E-state index in [0.717, 1.165) is 23.8 Å². The highest BCUT2D eigenvalue weighted by Crippen LogP contribution is 2.31. The van der Waals surface area contributed by atoms with Gasteiger partial charge in [0.2, 0.25) is 0 Å². The highest BCUT2D eigenvalue weighted by atomic mass is 14.9. The average Bonchev–Trinajstić information content (AvgIpc) is 2.65. The molecule has 0 aliphatic heterocycles. The van der Waals surface area contributed by atoms with Gasteiger partial charge in [-0.2, -0.15) is 0 Å². The standard InChI is InChI=1S/C17H33N/c1-14(2)16-11-7-8-12-17(16)18-13-15-9-5-3-4-6-10-15/h14-18H,3-13H2,1-2H3. The van der Waals surface area contributed by atoms with E-state index in [1.54, 1.807) is 0 Å². The van der Waals surface area contributed by atoms with E-state index in [4.69, 9.17) is 0 Å². The number of hydrogen-bond acceptors (Lipinski definition) is 1. The van der Waals surface area contributed by atoms with Gasteiger partial charge in [-0.25, -0.2) is 0 Å². The number of hydrogen-bond donors (Lipinski definition) is 1. The molecule has 2 saturated carbocycles. The van der Waals surface area contributed by atoms with Gasteiger partial charge in [-0.05, 0) is 50.0 Å². The first-order valence-corrected chi connectivity index (χ1v) is 8.50. The molecule has 2 atom stereocenters. The molecule has 0 amide bonds. The Morgan fingerprint density at radius 3 is 2.11 bits per heavy atom. The predicted molar refractivity (Wildman–Crippen MR) is 79.8 cm³/mol. The van der Waals surface area contributed by atoms with E-state index >= 15 is 0 Å². The molecular weight excluding hydrogens is 218 g/mol. The van der Waals surface area contributed by atoms with E-state index in [9.17, 15) is 0 Å². The summed E-state index contributed by atoms with van der Waals surface area (Å²) in [5.41, 5.74) is 0. The number of nitrogens with one attached hydrogen (secondary N) is 1. The van der Waals surface area contributed by atoms with E-state index in [1.807, 2.05) is 0 Å². The second-order valence-electron chi connectivity index (χ2n) is 7.06. The average molecular weight is 251 g/mol. The molecule has 2 aliphatic carbocycles. The molecule has 2 aliphatic rings. The smallest absolute Gasteiger partial charge is 0.00978 e. The Labute approximate surface area is 114 Å². The summed E-state index contributed by atoms with van der Waals surface area (Å²) in [5, 5.41) is 3.95. The van der Waals surface area contributed by atoms with Crippen molar-refractivity contribution in [1.29, 1.82) is 0 Å². The molecule has 1 nitrogen and oxygen atoms in total. The molecular formula is C17H33N. The van der Waals surface area contributed by atoms with Gasteiger partial charge in [0.25, 0.3) is 0 Å². The molecule has 106 valence electrons. The lowest BCUT2D eigenvalue weighted by Gasteiger charge is -2.36. The fourth-order valence-corrected chi connectivity index (χ4v) is 4.10. The van der Waals surface area contributed by atoms with Crippen molar-refractivity contribution >= 4 is 0 Å². The maximum atomic E-state index is 3.95.